The van der Waals surface area contributed by atoms with Gasteiger partial charge in [0, 0.05) is 6.54 Å². The van der Waals surface area contributed by atoms with Crippen molar-refractivity contribution < 1.29 is 9.13 Å². The topological polar surface area (TPSA) is 21.3 Å². The summed E-state index contributed by atoms with van der Waals surface area (Å²) in [5.41, 5.74) is 0. The highest BCUT2D eigenvalue weighted by molar-refractivity contribution is 5.22. The van der Waals surface area contributed by atoms with Crippen molar-refractivity contribution in [1.29, 1.82) is 0 Å². The summed E-state index contributed by atoms with van der Waals surface area (Å²) >= 11 is 0. The van der Waals surface area contributed by atoms with Gasteiger partial charge in [0.05, 0.1) is 0 Å². The molecule has 0 radical (unpaired) electrons. The van der Waals surface area contributed by atoms with Crippen LogP contribution in [0.25, 0.3) is 0 Å². The Bertz CT molecular complexity index is 284. The average Bonchev–Trinajstić information content (AvgIpc) is 2.20. The Labute approximate surface area is 90.4 Å². The van der Waals surface area contributed by atoms with E-state index in [0.717, 1.165) is 6.54 Å². The summed E-state index contributed by atoms with van der Waals surface area (Å²) in [5, 5.41) is 3.08. The van der Waals surface area contributed by atoms with Crippen LogP contribution in [0.1, 0.15) is 13.8 Å². The van der Waals surface area contributed by atoms with Gasteiger partial charge in [0.1, 0.15) is 17.7 Å². The van der Waals surface area contributed by atoms with Crippen LogP contribution in [0.5, 0.6) is 5.75 Å². The van der Waals surface area contributed by atoms with Crippen molar-refractivity contribution in [1.82, 2.24) is 5.32 Å². The third-order valence-corrected chi connectivity index (χ3v) is 2.25. The van der Waals surface area contributed by atoms with Crippen LogP contribution in [0, 0.1) is 11.7 Å². The molecule has 2 nitrogen and oxygen atoms in total. The molecule has 0 saturated carbocycles. The van der Waals surface area contributed by atoms with Gasteiger partial charge in [-0.3, -0.25) is 0 Å². The van der Waals surface area contributed by atoms with Crippen molar-refractivity contribution in [3.05, 3.63) is 30.1 Å². The van der Waals surface area contributed by atoms with E-state index in [-0.39, 0.29) is 11.9 Å². The lowest BCUT2D eigenvalue weighted by Gasteiger charge is -2.22. The van der Waals surface area contributed by atoms with Crippen LogP contribution >= 0.6 is 0 Å². The van der Waals surface area contributed by atoms with Gasteiger partial charge in [-0.05, 0) is 37.2 Å². The molecule has 0 spiro atoms. The number of likely N-dealkylation sites (N-methyl/N-ethyl adjacent to an activating group) is 1. The first-order valence-electron chi connectivity index (χ1n) is 5.20. The molecule has 1 atom stereocenters. The van der Waals surface area contributed by atoms with E-state index in [9.17, 15) is 4.39 Å². The lowest BCUT2D eigenvalue weighted by atomic mass is 10.1. The minimum atomic E-state index is -0.239. The number of hydrogen-bond donors (Lipinski definition) is 1. The first-order valence-corrected chi connectivity index (χ1v) is 5.20. The summed E-state index contributed by atoms with van der Waals surface area (Å²) in [7, 11) is 1.89. The van der Waals surface area contributed by atoms with Crippen LogP contribution in [0.2, 0.25) is 0 Å². The summed E-state index contributed by atoms with van der Waals surface area (Å²) in [6, 6.07) is 6.12. The van der Waals surface area contributed by atoms with E-state index < -0.39 is 0 Å². The molecule has 0 heterocycles. The molecule has 1 aromatic rings. The third-order valence-electron chi connectivity index (χ3n) is 2.25. The van der Waals surface area contributed by atoms with Crippen molar-refractivity contribution in [2.45, 2.75) is 20.0 Å². The first-order chi connectivity index (χ1) is 7.13. The van der Waals surface area contributed by atoms with Crippen LogP contribution < -0.4 is 10.1 Å². The van der Waals surface area contributed by atoms with Crippen LogP contribution in [-0.4, -0.2) is 19.7 Å². The van der Waals surface area contributed by atoms with Crippen LogP contribution in [0.3, 0.4) is 0 Å². The number of halogens is 1. The van der Waals surface area contributed by atoms with E-state index in [0.29, 0.717) is 11.7 Å². The molecule has 15 heavy (non-hydrogen) atoms. The van der Waals surface area contributed by atoms with Crippen molar-refractivity contribution in [3.8, 4) is 5.75 Å². The van der Waals surface area contributed by atoms with Crippen molar-refractivity contribution in [3.63, 3.8) is 0 Å². The molecule has 0 fully saturated rings. The van der Waals surface area contributed by atoms with E-state index in [1.807, 2.05) is 7.05 Å². The summed E-state index contributed by atoms with van der Waals surface area (Å²) < 4.78 is 18.4. The van der Waals surface area contributed by atoms with Gasteiger partial charge in [-0.25, -0.2) is 4.39 Å². The summed E-state index contributed by atoms with van der Waals surface area (Å²) in [5.74, 6) is 0.893. The molecule has 0 aromatic heterocycles. The minimum Gasteiger partial charge on any atom is -0.489 e. The molecule has 1 unspecified atom stereocenters. The summed E-state index contributed by atoms with van der Waals surface area (Å²) in [4.78, 5) is 0. The smallest absolute Gasteiger partial charge is 0.123 e. The Kier molecular flexibility index (Phi) is 4.56. The van der Waals surface area contributed by atoms with Crippen LogP contribution in [-0.2, 0) is 0 Å². The van der Waals surface area contributed by atoms with E-state index in [1.165, 1.54) is 12.1 Å². The molecule has 0 aliphatic carbocycles. The monoisotopic (exact) mass is 211 g/mol. The predicted octanol–water partition coefficient (Wildman–Crippen LogP) is 2.45. The fraction of sp³-hybridized carbons (Fsp3) is 0.500. The van der Waals surface area contributed by atoms with Gasteiger partial charge < -0.3 is 10.1 Å². The second kappa shape index (κ2) is 5.71. The summed E-state index contributed by atoms with van der Waals surface area (Å²) in [6.45, 7) is 4.99. The molecule has 3 heteroatoms. The zero-order valence-corrected chi connectivity index (χ0v) is 9.46. The third kappa shape index (κ3) is 3.88. The second-order valence-electron chi connectivity index (χ2n) is 3.91. The largest absolute Gasteiger partial charge is 0.489 e. The second-order valence-corrected chi connectivity index (χ2v) is 3.91. The number of hydrogen-bond acceptors (Lipinski definition) is 2. The molecule has 0 aliphatic heterocycles. The predicted molar refractivity (Wildman–Crippen MR) is 59.6 cm³/mol. The fourth-order valence-corrected chi connectivity index (χ4v) is 1.30. The van der Waals surface area contributed by atoms with Crippen LogP contribution in [0.15, 0.2) is 24.3 Å². The van der Waals surface area contributed by atoms with Gasteiger partial charge in [0.25, 0.3) is 0 Å². The average molecular weight is 211 g/mol. The Morgan fingerprint density at radius 1 is 1.27 bits per heavy atom. The maximum absolute atomic E-state index is 12.7. The van der Waals surface area contributed by atoms with E-state index in [2.05, 4.69) is 19.2 Å². The summed E-state index contributed by atoms with van der Waals surface area (Å²) in [6.07, 6.45) is 0.112. The fourth-order valence-electron chi connectivity index (χ4n) is 1.30. The minimum absolute atomic E-state index is 0.112. The molecule has 0 aliphatic rings. The molecule has 0 amide bonds. The van der Waals surface area contributed by atoms with Gasteiger partial charge in [-0.15, -0.1) is 0 Å². The van der Waals surface area contributed by atoms with Crippen molar-refractivity contribution >= 4 is 0 Å². The molecule has 1 N–H and O–H groups in total. The van der Waals surface area contributed by atoms with Crippen molar-refractivity contribution in [2.24, 2.45) is 5.92 Å². The molecule has 0 saturated heterocycles. The first kappa shape index (κ1) is 12.0. The van der Waals surface area contributed by atoms with Gasteiger partial charge >= 0.3 is 0 Å². The SMILES string of the molecule is CNCC(Oc1ccc(F)cc1)C(C)C. The van der Waals surface area contributed by atoms with Gasteiger partial charge in [0.2, 0.25) is 0 Å². The molecular weight excluding hydrogens is 193 g/mol. The molecular formula is C12H18FNO. The van der Waals surface area contributed by atoms with Gasteiger partial charge in [-0.2, -0.15) is 0 Å². The van der Waals surface area contributed by atoms with Crippen LogP contribution in [0.4, 0.5) is 4.39 Å². The molecule has 1 aromatic carbocycles. The highest BCUT2D eigenvalue weighted by Gasteiger charge is 2.13. The maximum atomic E-state index is 12.7. The van der Waals surface area contributed by atoms with Gasteiger partial charge in [0.15, 0.2) is 0 Å². The zero-order valence-electron chi connectivity index (χ0n) is 9.46. The maximum Gasteiger partial charge on any atom is 0.123 e. The number of ether oxygens (including phenoxy) is 1. The van der Waals surface area contributed by atoms with Crippen molar-refractivity contribution in [2.75, 3.05) is 13.6 Å². The lowest BCUT2D eigenvalue weighted by molar-refractivity contribution is 0.151. The number of nitrogens with one attached hydrogen (secondary N) is 1. The quantitative estimate of drug-likeness (QED) is 0.807. The zero-order chi connectivity index (χ0) is 11.3. The highest BCUT2D eigenvalue weighted by Crippen LogP contribution is 2.16. The standard InChI is InChI=1S/C12H18FNO/c1-9(2)12(8-14-3)15-11-6-4-10(13)5-7-11/h4-7,9,12,14H,8H2,1-3H3. The Morgan fingerprint density at radius 3 is 2.33 bits per heavy atom. The number of benzene rings is 1. The Hall–Kier alpha value is -1.09. The molecule has 1 rings (SSSR count). The molecule has 0 bridgehead atoms. The Morgan fingerprint density at radius 2 is 1.87 bits per heavy atom. The highest BCUT2D eigenvalue weighted by atomic mass is 19.1. The number of rotatable bonds is 5. The van der Waals surface area contributed by atoms with Gasteiger partial charge in [-0.1, -0.05) is 13.8 Å². The van der Waals surface area contributed by atoms with E-state index in [4.69, 9.17) is 4.74 Å². The van der Waals surface area contributed by atoms with E-state index >= 15 is 0 Å². The van der Waals surface area contributed by atoms with E-state index in [1.54, 1.807) is 12.1 Å². The molecule has 84 valence electrons. The normalized spacial score (nSPS) is 12.9. The lowest BCUT2D eigenvalue weighted by Crippen LogP contribution is -2.33. The Balaban J connectivity index is 2.61.